The van der Waals surface area contributed by atoms with Crippen LogP contribution >= 0.6 is 0 Å². The van der Waals surface area contributed by atoms with Crippen LogP contribution in [0.1, 0.15) is 32.1 Å². The molecular weight excluding hydrogens is 202 g/mol. The van der Waals surface area contributed by atoms with Gasteiger partial charge in [0.2, 0.25) is 0 Å². The Morgan fingerprint density at radius 1 is 1.44 bits per heavy atom. The molecule has 0 saturated carbocycles. The van der Waals surface area contributed by atoms with E-state index in [0.717, 1.165) is 45.3 Å². The molecule has 2 bridgehead atoms. The van der Waals surface area contributed by atoms with E-state index < -0.39 is 5.60 Å². The molecule has 0 radical (unpaired) electrons. The van der Waals surface area contributed by atoms with Crippen molar-refractivity contribution < 1.29 is 9.84 Å². The maximum Gasteiger partial charge on any atom is 0.0679 e. The summed E-state index contributed by atoms with van der Waals surface area (Å²) in [4.78, 5) is 2.38. The van der Waals surface area contributed by atoms with Gasteiger partial charge in [-0.25, -0.2) is 0 Å². The van der Waals surface area contributed by atoms with E-state index in [1.165, 1.54) is 0 Å². The maximum atomic E-state index is 10.6. The van der Waals surface area contributed by atoms with Gasteiger partial charge >= 0.3 is 0 Å². The van der Waals surface area contributed by atoms with Crippen LogP contribution in [0.4, 0.5) is 0 Å². The van der Waals surface area contributed by atoms with Gasteiger partial charge in [0.25, 0.3) is 0 Å². The molecule has 0 spiro atoms. The van der Waals surface area contributed by atoms with Crippen LogP contribution in [0, 0.1) is 0 Å². The maximum absolute atomic E-state index is 10.6. The van der Waals surface area contributed by atoms with Crippen molar-refractivity contribution in [1.29, 1.82) is 0 Å². The topological polar surface area (TPSA) is 32.7 Å². The number of nitrogens with zero attached hydrogens (tertiary/aromatic N) is 1. The van der Waals surface area contributed by atoms with E-state index in [-0.39, 0.29) is 0 Å². The molecular formula is C13H23NO2. The van der Waals surface area contributed by atoms with Crippen molar-refractivity contribution in [2.24, 2.45) is 0 Å². The number of allylic oxidation sites excluding steroid dienone is 1. The van der Waals surface area contributed by atoms with Gasteiger partial charge < -0.3 is 9.84 Å². The van der Waals surface area contributed by atoms with Gasteiger partial charge in [0.1, 0.15) is 0 Å². The van der Waals surface area contributed by atoms with Gasteiger partial charge in [-0.05, 0) is 39.2 Å². The number of likely N-dealkylation sites (N-methyl/N-ethyl adjacent to an activating group) is 1. The zero-order valence-electron chi connectivity index (χ0n) is 10.2. The van der Waals surface area contributed by atoms with Crippen LogP contribution < -0.4 is 0 Å². The molecule has 2 fully saturated rings. The molecule has 3 nitrogen and oxygen atoms in total. The molecule has 0 aromatic carbocycles. The first-order valence-corrected chi connectivity index (χ1v) is 6.27. The molecule has 2 saturated heterocycles. The predicted molar refractivity (Wildman–Crippen MR) is 64.4 cm³/mol. The van der Waals surface area contributed by atoms with Gasteiger partial charge in [-0.15, -0.1) is 6.58 Å². The third-order valence-corrected chi connectivity index (χ3v) is 4.05. The summed E-state index contributed by atoms with van der Waals surface area (Å²) in [6, 6.07) is 0.808. The molecule has 2 aliphatic heterocycles. The first-order valence-electron chi connectivity index (χ1n) is 6.27. The molecule has 0 aromatic rings. The Hall–Kier alpha value is -0.380. The van der Waals surface area contributed by atoms with E-state index in [1.54, 1.807) is 0 Å². The first-order chi connectivity index (χ1) is 7.64. The van der Waals surface area contributed by atoms with Crippen LogP contribution in [-0.4, -0.2) is 48.0 Å². The Kier molecular flexibility index (Phi) is 3.67. The molecule has 2 unspecified atom stereocenters. The number of hydrogen-bond donors (Lipinski definition) is 1. The van der Waals surface area contributed by atoms with E-state index in [1.807, 2.05) is 6.08 Å². The van der Waals surface area contributed by atoms with Gasteiger partial charge in [-0.3, -0.25) is 4.90 Å². The average molecular weight is 225 g/mol. The monoisotopic (exact) mass is 225 g/mol. The SMILES string of the molecule is C=CCCCC1(O)CC2COCC(C1)N2C. The summed E-state index contributed by atoms with van der Waals surface area (Å²) in [6.07, 6.45) is 6.60. The fourth-order valence-electron chi connectivity index (χ4n) is 3.02. The zero-order chi connectivity index (χ0) is 11.6. The second-order valence-electron chi connectivity index (χ2n) is 5.32. The van der Waals surface area contributed by atoms with Gasteiger partial charge in [-0.2, -0.15) is 0 Å². The van der Waals surface area contributed by atoms with Crippen molar-refractivity contribution in [2.45, 2.75) is 49.8 Å². The van der Waals surface area contributed by atoms with Crippen LogP contribution in [0.3, 0.4) is 0 Å². The third-order valence-electron chi connectivity index (χ3n) is 4.05. The Morgan fingerprint density at radius 2 is 2.06 bits per heavy atom. The number of rotatable bonds is 4. The molecule has 0 aromatic heterocycles. The summed E-state index contributed by atoms with van der Waals surface area (Å²) in [6.45, 7) is 5.27. The smallest absolute Gasteiger partial charge is 0.0679 e. The number of unbranched alkanes of at least 4 members (excludes halogenated alkanes) is 1. The Balaban J connectivity index is 1.94. The molecule has 1 N–H and O–H groups in total. The number of piperidine rings is 1. The van der Waals surface area contributed by atoms with Gasteiger partial charge in [0, 0.05) is 12.1 Å². The second-order valence-corrected chi connectivity index (χ2v) is 5.32. The lowest BCUT2D eigenvalue weighted by Gasteiger charge is -2.50. The minimum atomic E-state index is -0.464. The number of morpholine rings is 1. The molecule has 92 valence electrons. The molecule has 2 heterocycles. The summed E-state index contributed by atoms with van der Waals surface area (Å²) in [7, 11) is 2.15. The van der Waals surface area contributed by atoms with E-state index in [0.29, 0.717) is 12.1 Å². The molecule has 2 atom stereocenters. The van der Waals surface area contributed by atoms with Gasteiger partial charge in [0.05, 0.1) is 18.8 Å². The van der Waals surface area contributed by atoms with Gasteiger partial charge in [0.15, 0.2) is 0 Å². The van der Waals surface area contributed by atoms with E-state index in [9.17, 15) is 5.11 Å². The third kappa shape index (κ3) is 2.47. The minimum Gasteiger partial charge on any atom is -0.390 e. The highest BCUT2D eigenvalue weighted by atomic mass is 16.5. The van der Waals surface area contributed by atoms with Crippen molar-refractivity contribution in [3.05, 3.63) is 12.7 Å². The summed E-state index contributed by atoms with van der Waals surface area (Å²) >= 11 is 0. The van der Waals surface area contributed by atoms with E-state index in [2.05, 4.69) is 18.5 Å². The molecule has 2 aliphatic rings. The van der Waals surface area contributed by atoms with Crippen LogP contribution in [-0.2, 0) is 4.74 Å². The van der Waals surface area contributed by atoms with Gasteiger partial charge in [-0.1, -0.05) is 6.08 Å². The molecule has 16 heavy (non-hydrogen) atoms. The highest BCUT2D eigenvalue weighted by molar-refractivity contribution is 4.98. The van der Waals surface area contributed by atoms with Crippen molar-refractivity contribution in [3.8, 4) is 0 Å². The molecule has 0 aliphatic carbocycles. The Labute approximate surface area is 98.1 Å². The summed E-state index contributed by atoms with van der Waals surface area (Å²) in [5.74, 6) is 0. The quantitative estimate of drug-likeness (QED) is 0.582. The fraction of sp³-hybridized carbons (Fsp3) is 0.846. The molecule has 0 amide bonds. The first kappa shape index (κ1) is 12.1. The van der Waals surface area contributed by atoms with Crippen LogP contribution in [0.2, 0.25) is 0 Å². The number of fused-ring (bicyclic) bond motifs is 2. The highest BCUT2D eigenvalue weighted by Gasteiger charge is 2.43. The Bertz CT molecular complexity index is 240. The van der Waals surface area contributed by atoms with E-state index >= 15 is 0 Å². The lowest BCUT2D eigenvalue weighted by atomic mass is 9.78. The van der Waals surface area contributed by atoms with Crippen LogP contribution in [0.25, 0.3) is 0 Å². The lowest BCUT2D eigenvalue weighted by Crippen LogP contribution is -2.60. The summed E-state index contributed by atoms with van der Waals surface area (Å²) in [5, 5.41) is 10.6. The van der Waals surface area contributed by atoms with Crippen LogP contribution in [0.5, 0.6) is 0 Å². The predicted octanol–water partition coefficient (Wildman–Crippen LogP) is 1.57. The number of ether oxygens (including phenoxy) is 1. The number of aliphatic hydroxyl groups is 1. The fourth-order valence-corrected chi connectivity index (χ4v) is 3.02. The van der Waals surface area contributed by atoms with Crippen molar-refractivity contribution in [2.75, 3.05) is 20.3 Å². The molecule has 2 rings (SSSR count). The molecule has 3 heteroatoms. The van der Waals surface area contributed by atoms with E-state index in [4.69, 9.17) is 4.74 Å². The Morgan fingerprint density at radius 3 is 2.62 bits per heavy atom. The largest absolute Gasteiger partial charge is 0.390 e. The van der Waals surface area contributed by atoms with Crippen molar-refractivity contribution in [1.82, 2.24) is 4.90 Å². The van der Waals surface area contributed by atoms with Crippen molar-refractivity contribution in [3.63, 3.8) is 0 Å². The minimum absolute atomic E-state index is 0.404. The lowest BCUT2D eigenvalue weighted by molar-refractivity contribution is -0.136. The zero-order valence-corrected chi connectivity index (χ0v) is 10.2. The average Bonchev–Trinajstić information content (AvgIpc) is 2.21. The highest BCUT2D eigenvalue weighted by Crippen LogP contribution is 2.36. The number of hydrogen-bond acceptors (Lipinski definition) is 3. The second kappa shape index (κ2) is 4.86. The van der Waals surface area contributed by atoms with Crippen molar-refractivity contribution >= 4 is 0 Å². The standard InChI is InChI=1S/C13H23NO2/c1-3-4-5-6-13(15)7-11-9-16-10-12(8-13)14(11)2/h3,11-12,15H,1,4-10H2,2H3. The van der Waals surface area contributed by atoms with Crippen LogP contribution in [0.15, 0.2) is 12.7 Å². The summed E-state index contributed by atoms with van der Waals surface area (Å²) < 4.78 is 5.56. The normalized spacial score (nSPS) is 39.6. The summed E-state index contributed by atoms with van der Waals surface area (Å²) in [5.41, 5.74) is -0.464.